The first kappa shape index (κ1) is 18.4. The number of rotatable bonds is 5. The van der Waals surface area contributed by atoms with E-state index < -0.39 is 11.4 Å². The van der Waals surface area contributed by atoms with E-state index >= 15 is 0 Å². The van der Waals surface area contributed by atoms with E-state index in [1.807, 2.05) is 25.1 Å². The summed E-state index contributed by atoms with van der Waals surface area (Å²) in [5, 5.41) is 11.1. The molecule has 0 heterocycles. The second-order valence-electron chi connectivity index (χ2n) is 5.83. The van der Waals surface area contributed by atoms with Crippen molar-refractivity contribution in [3.63, 3.8) is 0 Å². The summed E-state index contributed by atoms with van der Waals surface area (Å²) in [6.07, 6.45) is 0. The summed E-state index contributed by atoms with van der Waals surface area (Å²) < 4.78 is 15.0. The lowest BCUT2D eigenvalue weighted by atomic mass is 10.1. The van der Waals surface area contributed by atoms with Crippen LogP contribution < -0.4 is 5.06 Å². The number of aliphatic hydroxyl groups excluding tert-OH is 1. The molecule has 0 atom stereocenters. The lowest BCUT2D eigenvalue weighted by Crippen LogP contribution is -2.37. The standard InChI is InChI=1S/C17H18ClFINO2/c1-11-8-12(20)4-7-16(11)21(23-17(2,3)10-22)13-5-6-14(18)15(19)9-13/h4-9,22H,10H2,1-3H3. The summed E-state index contributed by atoms with van der Waals surface area (Å²) in [4.78, 5) is 5.95. The number of benzene rings is 2. The second-order valence-corrected chi connectivity index (χ2v) is 7.49. The van der Waals surface area contributed by atoms with E-state index in [9.17, 15) is 9.50 Å². The van der Waals surface area contributed by atoms with Gasteiger partial charge in [-0.3, -0.25) is 4.84 Å². The van der Waals surface area contributed by atoms with Crippen LogP contribution in [0.2, 0.25) is 5.02 Å². The molecule has 23 heavy (non-hydrogen) atoms. The predicted octanol–water partition coefficient (Wildman–Crippen LogP) is 5.23. The average Bonchev–Trinajstić information content (AvgIpc) is 2.48. The molecular weight excluding hydrogens is 432 g/mol. The van der Waals surface area contributed by atoms with Crippen LogP contribution in [-0.4, -0.2) is 17.3 Å². The summed E-state index contributed by atoms with van der Waals surface area (Å²) in [6.45, 7) is 5.29. The molecule has 0 aliphatic rings. The molecule has 3 nitrogen and oxygen atoms in total. The van der Waals surface area contributed by atoms with Crippen LogP contribution in [0.3, 0.4) is 0 Å². The molecular formula is C17H18ClFINO2. The molecule has 0 bridgehead atoms. The minimum atomic E-state index is -0.828. The largest absolute Gasteiger partial charge is 0.393 e. The Labute approximate surface area is 154 Å². The zero-order valence-electron chi connectivity index (χ0n) is 13.1. The lowest BCUT2D eigenvalue weighted by molar-refractivity contribution is -0.0542. The highest BCUT2D eigenvalue weighted by Gasteiger charge is 2.25. The maximum atomic E-state index is 13.9. The monoisotopic (exact) mass is 449 g/mol. The van der Waals surface area contributed by atoms with Gasteiger partial charge < -0.3 is 5.11 Å². The molecule has 0 aliphatic carbocycles. The third-order valence-electron chi connectivity index (χ3n) is 3.23. The molecule has 0 radical (unpaired) electrons. The number of aliphatic hydroxyl groups is 1. The van der Waals surface area contributed by atoms with Crippen LogP contribution in [0.5, 0.6) is 0 Å². The van der Waals surface area contributed by atoms with Crippen LogP contribution in [0.4, 0.5) is 15.8 Å². The van der Waals surface area contributed by atoms with E-state index in [1.54, 1.807) is 19.9 Å². The summed E-state index contributed by atoms with van der Waals surface area (Å²) in [5.41, 5.74) is 1.42. The van der Waals surface area contributed by atoms with Gasteiger partial charge in [0.2, 0.25) is 0 Å². The Hall–Kier alpha value is -0.890. The Kier molecular flexibility index (Phi) is 5.89. The van der Waals surface area contributed by atoms with Crippen molar-refractivity contribution in [3.8, 4) is 0 Å². The van der Waals surface area contributed by atoms with Crippen molar-refractivity contribution in [3.05, 3.63) is 56.4 Å². The Bertz CT molecular complexity index is 709. The SMILES string of the molecule is Cc1cc(I)ccc1N(OC(C)(C)CO)c1ccc(Cl)c(F)c1. The van der Waals surface area contributed by atoms with Crippen molar-refractivity contribution in [1.29, 1.82) is 0 Å². The quantitative estimate of drug-likeness (QED) is 0.501. The summed E-state index contributed by atoms with van der Waals surface area (Å²) >= 11 is 8.00. The molecule has 0 aliphatic heterocycles. The highest BCUT2D eigenvalue weighted by atomic mass is 127. The van der Waals surface area contributed by atoms with Gasteiger partial charge in [-0.15, -0.1) is 0 Å². The van der Waals surface area contributed by atoms with Gasteiger partial charge in [0.05, 0.1) is 23.0 Å². The Balaban J connectivity index is 2.52. The fourth-order valence-electron chi connectivity index (χ4n) is 1.98. The van der Waals surface area contributed by atoms with E-state index in [4.69, 9.17) is 16.4 Å². The molecule has 0 unspecified atom stereocenters. The molecule has 124 valence electrons. The number of nitrogens with zero attached hydrogens (tertiary/aromatic N) is 1. The Morgan fingerprint density at radius 1 is 1.26 bits per heavy atom. The third kappa shape index (κ3) is 4.56. The zero-order chi connectivity index (χ0) is 17.2. The fraction of sp³-hybridized carbons (Fsp3) is 0.294. The van der Waals surface area contributed by atoms with Gasteiger partial charge >= 0.3 is 0 Å². The summed E-state index contributed by atoms with van der Waals surface area (Å²) in [7, 11) is 0. The van der Waals surface area contributed by atoms with Gasteiger partial charge in [-0.25, -0.2) is 9.45 Å². The van der Waals surface area contributed by atoms with Gasteiger partial charge in [0.1, 0.15) is 11.4 Å². The predicted molar refractivity (Wildman–Crippen MR) is 99.7 cm³/mol. The zero-order valence-corrected chi connectivity index (χ0v) is 16.0. The number of anilines is 2. The number of halogens is 3. The Morgan fingerprint density at radius 3 is 2.52 bits per heavy atom. The van der Waals surface area contributed by atoms with Crippen LogP contribution in [-0.2, 0) is 4.84 Å². The molecule has 1 N–H and O–H groups in total. The van der Waals surface area contributed by atoms with E-state index in [0.717, 1.165) is 14.8 Å². The van der Waals surface area contributed by atoms with Crippen LogP contribution in [0.1, 0.15) is 19.4 Å². The minimum absolute atomic E-state index is 0.0504. The van der Waals surface area contributed by atoms with Crippen LogP contribution in [0.15, 0.2) is 36.4 Å². The van der Waals surface area contributed by atoms with Crippen molar-refractivity contribution in [2.24, 2.45) is 0 Å². The Morgan fingerprint density at radius 2 is 1.96 bits per heavy atom. The van der Waals surface area contributed by atoms with Gasteiger partial charge in [0, 0.05) is 9.64 Å². The summed E-state index contributed by atoms with van der Waals surface area (Å²) in [6, 6.07) is 10.3. The highest BCUT2D eigenvalue weighted by Crippen LogP contribution is 2.33. The number of hydrogen-bond donors (Lipinski definition) is 1. The van der Waals surface area contributed by atoms with Crippen molar-refractivity contribution in [2.45, 2.75) is 26.4 Å². The van der Waals surface area contributed by atoms with Crippen LogP contribution in [0, 0.1) is 16.3 Å². The van der Waals surface area contributed by atoms with Gasteiger partial charge in [-0.05, 0) is 79.3 Å². The van der Waals surface area contributed by atoms with Gasteiger partial charge in [-0.2, -0.15) is 0 Å². The van der Waals surface area contributed by atoms with Gasteiger partial charge in [-0.1, -0.05) is 11.6 Å². The van der Waals surface area contributed by atoms with Gasteiger partial charge in [0.15, 0.2) is 0 Å². The topological polar surface area (TPSA) is 32.7 Å². The van der Waals surface area contributed by atoms with Crippen LogP contribution >= 0.6 is 34.2 Å². The second kappa shape index (κ2) is 7.34. The first-order valence-corrected chi connectivity index (χ1v) is 8.50. The van der Waals surface area contributed by atoms with E-state index in [2.05, 4.69) is 22.6 Å². The molecule has 0 fully saturated rings. The molecule has 2 rings (SSSR count). The molecule has 0 spiro atoms. The summed E-state index contributed by atoms with van der Waals surface area (Å²) in [5.74, 6) is -0.525. The number of aryl methyl sites for hydroxylation is 1. The molecule has 0 amide bonds. The lowest BCUT2D eigenvalue weighted by Gasteiger charge is -2.33. The van der Waals surface area contributed by atoms with Crippen molar-refractivity contribution in [2.75, 3.05) is 11.7 Å². The van der Waals surface area contributed by atoms with Crippen molar-refractivity contribution >= 4 is 45.6 Å². The average molecular weight is 450 g/mol. The smallest absolute Gasteiger partial charge is 0.143 e. The van der Waals surface area contributed by atoms with Crippen molar-refractivity contribution in [1.82, 2.24) is 0 Å². The van der Waals surface area contributed by atoms with Gasteiger partial charge in [0.25, 0.3) is 0 Å². The highest BCUT2D eigenvalue weighted by molar-refractivity contribution is 14.1. The van der Waals surface area contributed by atoms with E-state index in [-0.39, 0.29) is 11.6 Å². The molecule has 2 aromatic rings. The maximum Gasteiger partial charge on any atom is 0.143 e. The number of hydrogen-bond acceptors (Lipinski definition) is 3. The minimum Gasteiger partial charge on any atom is -0.393 e. The first-order chi connectivity index (χ1) is 10.7. The fourth-order valence-corrected chi connectivity index (χ4v) is 2.74. The van der Waals surface area contributed by atoms with E-state index in [1.165, 1.54) is 17.2 Å². The molecule has 0 saturated carbocycles. The first-order valence-electron chi connectivity index (χ1n) is 7.05. The maximum absolute atomic E-state index is 13.9. The van der Waals surface area contributed by atoms with Crippen LogP contribution in [0.25, 0.3) is 0 Å². The third-order valence-corrected chi connectivity index (χ3v) is 4.21. The van der Waals surface area contributed by atoms with Crippen molar-refractivity contribution < 1.29 is 14.3 Å². The van der Waals surface area contributed by atoms with E-state index in [0.29, 0.717) is 5.69 Å². The molecule has 0 aromatic heterocycles. The molecule has 2 aromatic carbocycles. The molecule has 0 saturated heterocycles. The molecule has 6 heteroatoms. The normalized spacial score (nSPS) is 11.6.